The summed E-state index contributed by atoms with van der Waals surface area (Å²) in [6.07, 6.45) is 1.48. The van der Waals surface area contributed by atoms with Gasteiger partial charge in [-0.3, -0.25) is 14.5 Å². The molecule has 0 aliphatic rings. The molecule has 2 aromatic rings. The maximum absolute atomic E-state index is 11.4. The summed E-state index contributed by atoms with van der Waals surface area (Å²) in [6, 6.07) is 0. The summed E-state index contributed by atoms with van der Waals surface area (Å²) in [7, 11) is 1.62. The van der Waals surface area contributed by atoms with Crippen molar-refractivity contribution in [3.05, 3.63) is 21.3 Å². The van der Waals surface area contributed by atoms with Crippen molar-refractivity contribution in [1.29, 1.82) is 0 Å². The largest absolute Gasteiger partial charge is 1.00 e. The van der Waals surface area contributed by atoms with E-state index in [4.69, 9.17) is 12.2 Å². The molecule has 0 saturated heterocycles. The van der Waals surface area contributed by atoms with Crippen molar-refractivity contribution in [3.8, 4) is 0 Å². The first-order valence-corrected chi connectivity index (χ1v) is 3.73. The van der Waals surface area contributed by atoms with E-state index in [1.165, 1.54) is 10.8 Å². The van der Waals surface area contributed by atoms with Gasteiger partial charge in [-0.1, -0.05) is 0 Å². The fraction of sp³-hybridized carbons (Fsp3) is 0.167. The van der Waals surface area contributed by atoms with Crippen LogP contribution in [0.3, 0.4) is 0 Å². The molecule has 5 nitrogen and oxygen atoms in total. The molecule has 0 spiro atoms. The fourth-order valence-corrected chi connectivity index (χ4v) is 1.19. The number of nitrogens with one attached hydrogen (secondary N) is 2. The molecule has 0 bridgehead atoms. The first-order chi connectivity index (χ1) is 5.70. The summed E-state index contributed by atoms with van der Waals surface area (Å²) in [4.78, 5) is 14.3. The van der Waals surface area contributed by atoms with Crippen LogP contribution in [0.2, 0.25) is 0 Å². The van der Waals surface area contributed by atoms with Crippen LogP contribution >= 0.6 is 12.2 Å². The first kappa shape index (κ1) is 11.3. The molecule has 0 fully saturated rings. The van der Waals surface area contributed by atoms with E-state index in [0.717, 1.165) is 0 Å². The summed E-state index contributed by atoms with van der Waals surface area (Å²) in [5.41, 5.74) is 0.436. The van der Waals surface area contributed by atoms with Gasteiger partial charge in [0.05, 0.1) is 6.20 Å². The van der Waals surface area contributed by atoms with Gasteiger partial charge in [0.1, 0.15) is 11.0 Å². The summed E-state index contributed by atoms with van der Waals surface area (Å²) in [6.45, 7) is 0. The van der Waals surface area contributed by atoms with Crippen molar-refractivity contribution in [2.75, 3.05) is 0 Å². The Hall–Kier alpha value is 0.206. The van der Waals surface area contributed by atoms with Gasteiger partial charge in [0.2, 0.25) is 0 Å². The van der Waals surface area contributed by atoms with Crippen LogP contribution in [-0.4, -0.2) is 19.7 Å². The number of hydrogen-bond donors (Lipinski definition) is 2. The Balaban J connectivity index is 0.000000845. The van der Waals surface area contributed by atoms with Crippen LogP contribution in [0.15, 0.2) is 11.0 Å². The molecular weight excluding hydrogens is 215 g/mol. The first-order valence-electron chi connectivity index (χ1n) is 3.32. The smallest absolute Gasteiger partial charge is 1.00 e. The van der Waals surface area contributed by atoms with Gasteiger partial charge in [-0.15, -0.1) is 0 Å². The van der Waals surface area contributed by atoms with Crippen LogP contribution in [0, 0.1) is 4.77 Å². The van der Waals surface area contributed by atoms with Crippen molar-refractivity contribution in [2.45, 2.75) is 0 Å². The maximum atomic E-state index is 11.4. The molecule has 2 N–H and O–H groups in total. The Morgan fingerprint density at radius 2 is 2.38 bits per heavy atom. The zero-order valence-corrected chi connectivity index (χ0v) is 11.2. The SMILES string of the molecule is Cn1c(=S)[nH]c2[nH]ncc2c1=O.[H-].[K+]. The van der Waals surface area contributed by atoms with Gasteiger partial charge < -0.3 is 6.41 Å². The Kier molecular flexibility index (Phi) is 3.61. The van der Waals surface area contributed by atoms with Crippen molar-refractivity contribution >= 4 is 23.3 Å². The quantitative estimate of drug-likeness (QED) is 0.380. The van der Waals surface area contributed by atoms with E-state index in [2.05, 4.69) is 15.2 Å². The topological polar surface area (TPSA) is 66.5 Å². The second-order valence-electron chi connectivity index (χ2n) is 2.45. The van der Waals surface area contributed by atoms with Crippen LogP contribution in [0.25, 0.3) is 11.0 Å². The number of aromatic nitrogens is 4. The molecule has 0 aliphatic carbocycles. The van der Waals surface area contributed by atoms with E-state index in [0.29, 0.717) is 15.8 Å². The normalized spacial score (nSPS) is 9.92. The molecule has 64 valence electrons. The van der Waals surface area contributed by atoms with E-state index >= 15 is 0 Å². The number of aromatic amines is 2. The summed E-state index contributed by atoms with van der Waals surface area (Å²) in [5.74, 6) is 0. The zero-order chi connectivity index (χ0) is 8.72. The van der Waals surface area contributed by atoms with E-state index in [9.17, 15) is 4.79 Å². The minimum absolute atomic E-state index is 0. The fourth-order valence-electron chi connectivity index (χ4n) is 1.01. The second kappa shape index (κ2) is 4.16. The minimum Gasteiger partial charge on any atom is -1.00 e. The predicted molar refractivity (Wildman–Crippen MR) is 47.6 cm³/mol. The Labute approximate surface area is 122 Å². The Bertz CT molecular complexity index is 544. The van der Waals surface area contributed by atoms with Crippen LogP contribution in [0.4, 0.5) is 0 Å². The van der Waals surface area contributed by atoms with Gasteiger partial charge in [0.15, 0.2) is 4.77 Å². The van der Waals surface area contributed by atoms with E-state index in [-0.39, 0.29) is 58.4 Å². The van der Waals surface area contributed by atoms with Crippen LogP contribution in [-0.2, 0) is 7.05 Å². The molecule has 2 aromatic heterocycles. The molecule has 2 rings (SSSR count). The van der Waals surface area contributed by atoms with Gasteiger partial charge in [-0.05, 0) is 12.2 Å². The van der Waals surface area contributed by atoms with Gasteiger partial charge in [-0.25, -0.2) is 0 Å². The van der Waals surface area contributed by atoms with Gasteiger partial charge in [0.25, 0.3) is 5.56 Å². The van der Waals surface area contributed by atoms with Crippen molar-refractivity contribution in [3.63, 3.8) is 0 Å². The molecule has 0 amide bonds. The Morgan fingerprint density at radius 1 is 1.69 bits per heavy atom. The van der Waals surface area contributed by atoms with Crippen molar-refractivity contribution < 1.29 is 52.8 Å². The van der Waals surface area contributed by atoms with E-state index < -0.39 is 0 Å². The third kappa shape index (κ3) is 1.85. The zero-order valence-electron chi connectivity index (χ0n) is 8.29. The molecule has 7 heteroatoms. The molecule has 13 heavy (non-hydrogen) atoms. The average molecular weight is 222 g/mol. The number of hydrogen-bond acceptors (Lipinski definition) is 3. The van der Waals surface area contributed by atoms with Gasteiger partial charge in [0, 0.05) is 7.05 Å². The van der Waals surface area contributed by atoms with Crippen LogP contribution in [0.5, 0.6) is 0 Å². The monoisotopic (exact) mass is 222 g/mol. The molecule has 0 saturated carbocycles. The van der Waals surface area contributed by atoms with Crippen molar-refractivity contribution in [2.24, 2.45) is 7.05 Å². The van der Waals surface area contributed by atoms with Gasteiger partial charge >= 0.3 is 51.4 Å². The third-order valence-electron chi connectivity index (χ3n) is 1.71. The predicted octanol–water partition coefficient (Wildman–Crippen LogP) is -2.56. The van der Waals surface area contributed by atoms with E-state index in [1.807, 2.05) is 0 Å². The Morgan fingerprint density at radius 3 is 3.08 bits per heavy atom. The summed E-state index contributed by atoms with van der Waals surface area (Å²) >= 11 is 4.89. The van der Waals surface area contributed by atoms with E-state index in [1.54, 1.807) is 7.05 Å². The molecule has 0 unspecified atom stereocenters. The van der Waals surface area contributed by atoms with Crippen molar-refractivity contribution in [1.82, 2.24) is 19.7 Å². The third-order valence-corrected chi connectivity index (χ3v) is 2.09. The minimum atomic E-state index is -0.137. The van der Waals surface area contributed by atoms with Crippen LogP contribution < -0.4 is 56.9 Å². The summed E-state index contributed by atoms with van der Waals surface area (Å²) in [5, 5.41) is 6.89. The second-order valence-corrected chi connectivity index (χ2v) is 2.84. The molecule has 0 aliphatic heterocycles. The molecule has 0 aromatic carbocycles. The summed E-state index contributed by atoms with van der Waals surface area (Å²) < 4.78 is 1.75. The number of nitrogens with zero attached hydrogens (tertiary/aromatic N) is 2. The maximum Gasteiger partial charge on any atom is 1.00 e. The molecular formula is C6H7KN4OS. The number of H-pyrrole nitrogens is 2. The molecule has 2 heterocycles. The van der Waals surface area contributed by atoms with Crippen LogP contribution in [0.1, 0.15) is 1.43 Å². The standard InChI is InChI=1S/C6H6N4OS.K.H/c1-10-5(11)3-2-7-9-4(3)8-6(10)12;;/h2H,1H3,(H2,7,8,9,12);;/q;+1;-1. The van der Waals surface area contributed by atoms with Gasteiger partial charge in [-0.2, -0.15) is 5.10 Å². The molecule has 0 radical (unpaired) electrons. The number of rotatable bonds is 0. The molecule has 0 atom stereocenters. The number of fused-ring (bicyclic) bond motifs is 1. The average Bonchev–Trinajstić information content (AvgIpc) is 2.48.